The standard InChI is InChI=1S/C19H16BrClN4O3S/c1-26-14-8-10(21)7-12(16(14)27-2)17-22-13-5-4-9(20)6-11(13)15-18(28-17)23-19(29-3)25-24-15/h4-8,17,22H,1-3H3/t17-/m0/s1. The smallest absolute Gasteiger partial charge is 0.247 e. The van der Waals surface area contributed by atoms with E-state index in [4.69, 9.17) is 25.8 Å². The molecule has 1 aliphatic rings. The molecule has 4 rings (SSSR count). The molecule has 3 aromatic rings. The van der Waals surface area contributed by atoms with E-state index in [1.807, 2.05) is 24.5 Å². The van der Waals surface area contributed by atoms with E-state index in [1.54, 1.807) is 26.4 Å². The topological polar surface area (TPSA) is 78.4 Å². The first kappa shape index (κ1) is 20.1. The van der Waals surface area contributed by atoms with Gasteiger partial charge in [-0.15, -0.1) is 10.2 Å². The van der Waals surface area contributed by atoms with E-state index in [1.165, 1.54) is 11.8 Å². The minimum Gasteiger partial charge on any atom is -0.493 e. The first-order valence-corrected chi connectivity index (χ1v) is 10.9. The van der Waals surface area contributed by atoms with Crippen molar-refractivity contribution >= 4 is 45.0 Å². The lowest BCUT2D eigenvalue weighted by molar-refractivity contribution is 0.218. The van der Waals surface area contributed by atoms with Crippen molar-refractivity contribution in [3.63, 3.8) is 0 Å². The van der Waals surface area contributed by atoms with Crippen molar-refractivity contribution < 1.29 is 14.2 Å². The third-order valence-corrected chi connectivity index (χ3v) is 5.58. The predicted octanol–water partition coefficient (Wildman–Crippen LogP) is 5.20. The molecule has 0 saturated carbocycles. The molecular weight excluding hydrogens is 480 g/mol. The maximum absolute atomic E-state index is 6.32. The fourth-order valence-electron chi connectivity index (χ4n) is 3.05. The van der Waals surface area contributed by atoms with Gasteiger partial charge in [-0.1, -0.05) is 39.3 Å². The van der Waals surface area contributed by atoms with Crippen LogP contribution in [0.4, 0.5) is 5.69 Å². The maximum atomic E-state index is 6.32. The Kier molecular flexibility index (Phi) is 5.71. The van der Waals surface area contributed by atoms with Crippen LogP contribution in [0.25, 0.3) is 11.3 Å². The van der Waals surface area contributed by atoms with Crippen LogP contribution in [0.1, 0.15) is 11.8 Å². The summed E-state index contributed by atoms with van der Waals surface area (Å²) < 4.78 is 18.2. The van der Waals surface area contributed by atoms with Crippen molar-refractivity contribution in [3.8, 4) is 28.6 Å². The largest absolute Gasteiger partial charge is 0.493 e. The molecule has 0 spiro atoms. The molecule has 7 nitrogen and oxygen atoms in total. The number of nitrogens with one attached hydrogen (secondary N) is 1. The fourth-order valence-corrected chi connectivity index (χ4v) is 3.93. The fraction of sp³-hybridized carbons (Fsp3) is 0.211. The van der Waals surface area contributed by atoms with E-state index in [9.17, 15) is 0 Å². The lowest BCUT2D eigenvalue weighted by Crippen LogP contribution is -2.18. The lowest BCUT2D eigenvalue weighted by Gasteiger charge is -2.22. The van der Waals surface area contributed by atoms with Gasteiger partial charge in [0.25, 0.3) is 0 Å². The molecule has 0 amide bonds. The molecule has 0 unspecified atom stereocenters. The van der Waals surface area contributed by atoms with Crippen LogP contribution in [0, 0.1) is 0 Å². The molecule has 2 heterocycles. The number of anilines is 1. The van der Waals surface area contributed by atoms with Crippen LogP contribution in [0.15, 0.2) is 40.0 Å². The number of ether oxygens (including phenoxy) is 3. The Bertz CT molecular complexity index is 1090. The van der Waals surface area contributed by atoms with E-state index in [0.717, 1.165) is 15.7 Å². The number of benzene rings is 2. The SMILES string of the molecule is COc1cc(Cl)cc([C@H]2Nc3ccc(Br)cc3-c3nnc(SC)nc3O2)c1OC. The summed E-state index contributed by atoms with van der Waals surface area (Å²) in [4.78, 5) is 4.52. The molecule has 1 N–H and O–H groups in total. The Balaban J connectivity index is 1.92. The molecule has 0 saturated heterocycles. The number of hydrogen-bond donors (Lipinski definition) is 1. The second-order valence-corrected chi connectivity index (χ2v) is 8.14. The monoisotopic (exact) mass is 494 g/mol. The molecule has 0 aliphatic carbocycles. The Hall–Kier alpha value is -2.23. The van der Waals surface area contributed by atoms with Crippen LogP contribution >= 0.6 is 39.3 Å². The maximum Gasteiger partial charge on any atom is 0.247 e. The van der Waals surface area contributed by atoms with E-state index in [0.29, 0.717) is 38.8 Å². The summed E-state index contributed by atoms with van der Waals surface area (Å²) in [5, 5.41) is 12.9. The predicted molar refractivity (Wildman–Crippen MR) is 116 cm³/mol. The van der Waals surface area contributed by atoms with Gasteiger partial charge in [0.2, 0.25) is 17.3 Å². The molecule has 1 atom stereocenters. The molecule has 2 aromatic carbocycles. The van der Waals surface area contributed by atoms with Crippen molar-refractivity contribution in [1.29, 1.82) is 0 Å². The van der Waals surface area contributed by atoms with Gasteiger partial charge in [0.15, 0.2) is 17.2 Å². The van der Waals surface area contributed by atoms with Crippen LogP contribution in [-0.2, 0) is 0 Å². The summed E-state index contributed by atoms with van der Waals surface area (Å²) in [5.41, 5.74) is 2.84. The van der Waals surface area contributed by atoms with Crippen LogP contribution in [0.2, 0.25) is 5.02 Å². The summed E-state index contributed by atoms with van der Waals surface area (Å²) in [6, 6.07) is 9.27. The highest BCUT2D eigenvalue weighted by Crippen LogP contribution is 2.44. The zero-order valence-electron chi connectivity index (χ0n) is 15.7. The number of rotatable bonds is 4. The first-order chi connectivity index (χ1) is 14.0. The van der Waals surface area contributed by atoms with E-state index < -0.39 is 6.23 Å². The highest BCUT2D eigenvalue weighted by molar-refractivity contribution is 9.10. The summed E-state index contributed by atoms with van der Waals surface area (Å²) in [7, 11) is 3.13. The molecule has 10 heteroatoms. The highest BCUT2D eigenvalue weighted by Gasteiger charge is 2.29. The highest BCUT2D eigenvalue weighted by atomic mass is 79.9. The summed E-state index contributed by atoms with van der Waals surface area (Å²) >= 11 is 11.2. The Morgan fingerprint density at radius 3 is 2.72 bits per heavy atom. The minimum absolute atomic E-state index is 0.361. The second kappa shape index (κ2) is 8.25. The van der Waals surface area contributed by atoms with Gasteiger partial charge in [0.05, 0.1) is 19.8 Å². The van der Waals surface area contributed by atoms with Gasteiger partial charge in [0, 0.05) is 26.8 Å². The second-order valence-electron chi connectivity index (χ2n) is 6.01. The quantitative estimate of drug-likeness (QED) is 0.495. The third kappa shape index (κ3) is 3.82. The zero-order valence-corrected chi connectivity index (χ0v) is 18.9. The number of fused-ring (bicyclic) bond motifs is 3. The number of hydrogen-bond acceptors (Lipinski definition) is 8. The number of nitrogens with zero attached hydrogens (tertiary/aromatic N) is 3. The molecule has 29 heavy (non-hydrogen) atoms. The Labute approximate surface area is 185 Å². The van der Waals surface area contributed by atoms with Gasteiger partial charge in [-0.3, -0.25) is 0 Å². The third-order valence-electron chi connectivity index (χ3n) is 4.33. The average Bonchev–Trinajstić information content (AvgIpc) is 2.88. The van der Waals surface area contributed by atoms with Gasteiger partial charge in [-0.05, 0) is 30.5 Å². The first-order valence-electron chi connectivity index (χ1n) is 8.47. The van der Waals surface area contributed by atoms with E-state index in [-0.39, 0.29) is 0 Å². The van der Waals surface area contributed by atoms with Gasteiger partial charge >= 0.3 is 0 Å². The Morgan fingerprint density at radius 1 is 1.17 bits per heavy atom. The van der Waals surface area contributed by atoms with Crippen LogP contribution < -0.4 is 19.5 Å². The number of halogens is 2. The van der Waals surface area contributed by atoms with E-state index in [2.05, 4.69) is 36.4 Å². The van der Waals surface area contributed by atoms with Gasteiger partial charge in [-0.2, -0.15) is 4.98 Å². The van der Waals surface area contributed by atoms with Crippen LogP contribution in [0.5, 0.6) is 17.4 Å². The number of thioether (sulfide) groups is 1. The molecule has 0 radical (unpaired) electrons. The van der Waals surface area contributed by atoms with Gasteiger partial charge < -0.3 is 19.5 Å². The average molecular weight is 496 g/mol. The van der Waals surface area contributed by atoms with Crippen molar-refractivity contribution in [2.45, 2.75) is 11.4 Å². The summed E-state index contributed by atoms with van der Waals surface area (Å²) in [6.07, 6.45) is 1.23. The molecule has 150 valence electrons. The van der Waals surface area contributed by atoms with Gasteiger partial charge in [0.1, 0.15) is 0 Å². The van der Waals surface area contributed by atoms with Gasteiger partial charge in [-0.25, -0.2) is 0 Å². The zero-order chi connectivity index (χ0) is 20.5. The summed E-state index contributed by atoms with van der Waals surface area (Å²) in [5.74, 6) is 1.38. The molecule has 0 bridgehead atoms. The van der Waals surface area contributed by atoms with Crippen LogP contribution in [0.3, 0.4) is 0 Å². The minimum atomic E-state index is -0.648. The van der Waals surface area contributed by atoms with Crippen molar-refractivity contribution in [2.24, 2.45) is 0 Å². The van der Waals surface area contributed by atoms with Crippen LogP contribution in [-0.4, -0.2) is 35.7 Å². The normalized spacial score (nSPS) is 14.7. The lowest BCUT2D eigenvalue weighted by atomic mass is 10.1. The van der Waals surface area contributed by atoms with Crippen molar-refractivity contribution in [1.82, 2.24) is 15.2 Å². The number of methoxy groups -OCH3 is 2. The molecular formula is C19H16BrClN4O3S. The molecule has 1 aliphatic heterocycles. The van der Waals surface area contributed by atoms with E-state index >= 15 is 0 Å². The van der Waals surface area contributed by atoms with Crippen molar-refractivity contribution in [3.05, 3.63) is 45.4 Å². The van der Waals surface area contributed by atoms with Crippen molar-refractivity contribution in [2.75, 3.05) is 25.8 Å². The summed E-state index contributed by atoms with van der Waals surface area (Å²) in [6.45, 7) is 0. The Morgan fingerprint density at radius 2 is 2.00 bits per heavy atom. The number of aromatic nitrogens is 3. The molecule has 0 fully saturated rings. The molecule has 1 aromatic heterocycles.